The minimum atomic E-state index is -0.521. The summed E-state index contributed by atoms with van der Waals surface area (Å²) in [6.45, 7) is 8.51. The van der Waals surface area contributed by atoms with Crippen LogP contribution in [0.5, 0.6) is 5.75 Å². The largest absolute Gasteiger partial charge is 0.492 e. The molecule has 6 heteroatoms. The van der Waals surface area contributed by atoms with Crippen LogP contribution in [0.2, 0.25) is 0 Å². The van der Waals surface area contributed by atoms with E-state index in [1.54, 1.807) is 6.20 Å². The Kier molecular flexibility index (Phi) is 4.43. The lowest BCUT2D eigenvalue weighted by Crippen LogP contribution is -2.63. The van der Waals surface area contributed by atoms with Gasteiger partial charge in [-0.3, -0.25) is 4.79 Å². The molecule has 2 saturated heterocycles. The highest BCUT2D eigenvalue weighted by molar-refractivity contribution is 5.85. The number of aromatic amines is 1. The molecular formula is C22H30FN3O2. The number of hydrogen-bond donors (Lipinski definition) is 1. The molecule has 0 aromatic carbocycles. The van der Waals surface area contributed by atoms with Crippen molar-refractivity contribution in [1.82, 2.24) is 14.9 Å². The van der Waals surface area contributed by atoms with Crippen LogP contribution in [0.25, 0.3) is 11.0 Å². The van der Waals surface area contributed by atoms with Gasteiger partial charge in [0, 0.05) is 30.1 Å². The van der Waals surface area contributed by atoms with Gasteiger partial charge in [0.05, 0.1) is 18.7 Å². The van der Waals surface area contributed by atoms with Gasteiger partial charge in [-0.05, 0) is 36.7 Å². The number of H-pyrrole nitrogens is 1. The van der Waals surface area contributed by atoms with Crippen LogP contribution in [0.1, 0.15) is 65.4 Å². The fourth-order valence-electron chi connectivity index (χ4n) is 5.44. The Morgan fingerprint density at radius 1 is 1.43 bits per heavy atom. The molecule has 152 valence electrons. The van der Waals surface area contributed by atoms with Crippen molar-refractivity contribution in [2.45, 2.75) is 77.3 Å². The van der Waals surface area contributed by atoms with Gasteiger partial charge in [0.1, 0.15) is 5.65 Å². The van der Waals surface area contributed by atoms with Gasteiger partial charge in [0.2, 0.25) is 5.91 Å². The zero-order valence-electron chi connectivity index (χ0n) is 17.4. The second-order valence-corrected chi connectivity index (χ2v) is 9.57. The van der Waals surface area contributed by atoms with Crippen molar-refractivity contribution >= 4 is 16.9 Å². The fraction of sp³-hybridized carbons (Fsp3) is 0.636. The summed E-state index contributed by atoms with van der Waals surface area (Å²) in [5, 5.41) is 0.416. The predicted octanol–water partition coefficient (Wildman–Crippen LogP) is 4.56. The van der Waals surface area contributed by atoms with Crippen molar-refractivity contribution in [3.8, 4) is 5.75 Å². The number of nitrogens with zero attached hydrogens (tertiary/aromatic N) is 2. The lowest BCUT2D eigenvalue weighted by Gasteiger charge is -2.60. The van der Waals surface area contributed by atoms with Gasteiger partial charge in [0.25, 0.3) is 0 Å². The molecule has 5 nitrogen and oxygen atoms in total. The summed E-state index contributed by atoms with van der Waals surface area (Å²) >= 11 is 0. The third-order valence-corrected chi connectivity index (χ3v) is 6.88. The second kappa shape index (κ2) is 6.46. The summed E-state index contributed by atoms with van der Waals surface area (Å²) in [4.78, 5) is 22.8. The van der Waals surface area contributed by atoms with E-state index in [9.17, 15) is 9.18 Å². The average molecular weight is 387 g/mol. The molecule has 3 fully saturated rings. The smallest absolute Gasteiger partial charge is 0.223 e. The van der Waals surface area contributed by atoms with E-state index in [2.05, 4.69) is 28.7 Å². The Hall–Kier alpha value is -2.11. The molecule has 1 unspecified atom stereocenters. The number of halogens is 1. The van der Waals surface area contributed by atoms with Crippen LogP contribution in [-0.2, 0) is 10.2 Å². The molecule has 3 aliphatic rings. The molecule has 2 aromatic rings. The standard InChI is InChI=1S/C22H30FN3O2/c1-6-13-7-22(4)8-14(9-22)26(13)17(27)10-21(2,3)15-11-24-20-18(15)19(23)16(28-5)12-25-20/h11-14H,6-10H2,1-5H3,(H,24,25). The molecule has 28 heavy (non-hydrogen) atoms. The van der Waals surface area contributed by atoms with Gasteiger partial charge in [-0.2, -0.15) is 0 Å². The summed E-state index contributed by atoms with van der Waals surface area (Å²) in [5.74, 6) is -0.135. The molecule has 0 radical (unpaired) electrons. The molecule has 2 bridgehead atoms. The first-order chi connectivity index (χ1) is 13.2. The maximum Gasteiger partial charge on any atom is 0.223 e. The van der Waals surface area contributed by atoms with Crippen molar-refractivity contribution in [3.63, 3.8) is 0 Å². The van der Waals surface area contributed by atoms with Crippen molar-refractivity contribution in [2.75, 3.05) is 7.11 Å². The first-order valence-electron chi connectivity index (χ1n) is 10.2. The average Bonchev–Trinajstić information content (AvgIpc) is 3.06. The van der Waals surface area contributed by atoms with Gasteiger partial charge in [-0.1, -0.05) is 27.7 Å². The predicted molar refractivity (Wildman–Crippen MR) is 107 cm³/mol. The summed E-state index contributed by atoms with van der Waals surface area (Å²) < 4.78 is 20.0. The minimum absolute atomic E-state index is 0.117. The van der Waals surface area contributed by atoms with Crippen LogP contribution in [0.3, 0.4) is 0 Å². The summed E-state index contributed by atoms with van der Waals surface area (Å²) in [6.07, 6.45) is 7.80. The summed E-state index contributed by atoms with van der Waals surface area (Å²) in [6, 6.07) is 0.690. The number of ether oxygens (including phenoxy) is 1. The van der Waals surface area contributed by atoms with E-state index in [1.165, 1.54) is 13.3 Å². The van der Waals surface area contributed by atoms with Crippen molar-refractivity contribution in [2.24, 2.45) is 5.41 Å². The fourth-order valence-corrected chi connectivity index (χ4v) is 5.44. The Morgan fingerprint density at radius 3 is 2.79 bits per heavy atom. The number of piperidine rings is 2. The number of nitrogens with one attached hydrogen (secondary N) is 1. The maximum absolute atomic E-state index is 14.9. The molecule has 1 N–H and O–H groups in total. The first-order valence-corrected chi connectivity index (χ1v) is 10.2. The van der Waals surface area contributed by atoms with E-state index < -0.39 is 11.2 Å². The Balaban J connectivity index is 1.62. The molecule has 1 saturated carbocycles. The third-order valence-electron chi connectivity index (χ3n) is 6.88. The zero-order valence-corrected chi connectivity index (χ0v) is 17.4. The van der Waals surface area contributed by atoms with Crippen LogP contribution >= 0.6 is 0 Å². The van der Waals surface area contributed by atoms with E-state index >= 15 is 0 Å². The first kappa shape index (κ1) is 19.2. The quantitative estimate of drug-likeness (QED) is 0.818. The van der Waals surface area contributed by atoms with E-state index in [0.29, 0.717) is 35.0 Å². The zero-order chi connectivity index (χ0) is 20.3. The topological polar surface area (TPSA) is 58.2 Å². The van der Waals surface area contributed by atoms with Gasteiger partial charge < -0.3 is 14.6 Å². The lowest BCUT2D eigenvalue weighted by molar-refractivity contribution is -0.156. The van der Waals surface area contributed by atoms with Crippen LogP contribution < -0.4 is 4.74 Å². The van der Waals surface area contributed by atoms with E-state index in [4.69, 9.17) is 4.74 Å². The van der Waals surface area contributed by atoms with Crippen LogP contribution in [0, 0.1) is 11.2 Å². The SMILES string of the molecule is CCC1CC2(C)CC(C2)N1C(=O)CC(C)(C)c1c[nH]c2ncc(OC)c(F)c12. The Morgan fingerprint density at radius 2 is 2.14 bits per heavy atom. The molecule has 1 aliphatic carbocycles. The molecule has 2 aliphatic heterocycles. The Labute approximate surface area is 165 Å². The number of rotatable bonds is 5. The highest BCUT2D eigenvalue weighted by Gasteiger charge is 2.52. The molecule has 2 aromatic heterocycles. The number of carbonyl (C=O) groups excluding carboxylic acids is 1. The summed E-state index contributed by atoms with van der Waals surface area (Å²) in [7, 11) is 1.43. The maximum atomic E-state index is 14.9. The number of hydrogen-bond acceptors (Lipinski definition) is 3. The van der Waals surface area contributed by atoms with E-state index in [1.807, 2.05) is 13.8 Å². The number of carbonyl (C=O) groups is 1. The molecule has 5 rings (SSSR count). The molecule has 1 atom stereocenters. The number of fused-ring (bicyclic) bond motifs is 3. The van der Waals surface area contributed by atoms with E-state index in [0.717, 1.165) is 31.2 Å². The minimum Gasteiger partial charge on any atom is -0.492 e. The van der Waals surface area contributed by atoms with Crippen LogP contribution in [0.4, 0.5) is 4.39 Å². The van der Waals surface area contributed by atoms with Crippen LogP contribution in [-0.4, -0.2) is 40.0 Å². The van der Waals surface area contributed by atoms with Gasteiger partial charge >= 0.3 is 0 Å². The third kappa shape index (κ3) is 2.88. The molecule has 4 heterocycles. The van der Waals surface area contributed by atoms with Gasteiger partial charge in [-0.25, -0.2) is 9.37 Å². The lowest BCUT2D eigenvalue weighted by atomic mass is 9.59. The van der Waals surface area contributed by atoms with Gasteiger partial charge in [-0.15, -0.1) is 0 Å². The molecule has 1 amide bonds. The highest BCUT2D eigenvalue weighted by atomic mass is 19.1. The highest BCUT2D eigenvalue weighted by Crippen LogP contribution is 2.53. The van der Waals surface area contributed by atoms with Crippen molar-refractivity contribution < 1.29 is 13.9 Å². The Bertz CT molecular complexity index is 914. The second-order valence-electron chi connectivity index (χ2n) is 9.57. The van der Waals surface area contributed by atoms with E-state index in [-0.39, 0.29) is 11.7 Å². The molecule has 0 spiro atoms. The summed E-state index contributed by atoms with van der Waals surface area (Å²) in [5.41, 5.74) is 1.14. The van der Waals surface area contributed by atoms with Crippen molar-refractivity contribution in [3.05, 3.63) is 23.8 Å². The number of aromatic nitrogens is 2. The van der Waals surface area contributed by atoms with Gasteiger partial charge in [0.15, 0.2) is 11.6 Å². The van der Waals surface area contributed by atoms with Crippen LogP contribution in [0.15, 0.2) is 12.4 Å². The number of amides is 1. The number of methoxy groups -OCH3 is 1. The normalized spacial score (nSPS) is 27.0. The van der Waals surface area contributed by atoms with Crippen molar-refractivity contribution in [1.29, 1.82) is 0 Å². The monoisotopic (exact) mass is 387 g/mol. The number of pyridine rings is 1. The molecular weight excluding hydrogens is 357 g/mol.